The number of azo groups is 1. The molecule has 1 fully saturated rings. The number of halogens is 1. The summed E-state index contributed by atoms with van der Waals surface area (Å²) < 4.78 is 67.9. The predicted octanol–water partition coefficient (Wildman–Crippen LogP) is -1.78. The second-order valence-corrected chi connectivity index (χ2v) is 10.9. The average Bonchev–Trinajstić information content (AvgIpc) is 3.30. The highest BCUT2D eigenvalue weighted by Gasteiger charge is 2.36. The molecule has 8 N–H and O–H groups in total. The molecule has 1 saturated heterocycles. The van der Waals surface area contributed by atoms with Crippen LogP contribution in [0.25, 0.3) is 0 Å². The highest BCUT2D eigenvalue weighted by molar-refractivity contribution is 7.92. The second-order valence-electron chi connectivity index (χ2n) is 7.68. The number of aliphatic hydroxyl groups excluding tert-OH is 1. The van der Waals surface area contributed by atoms with Gasteiger partial charge in [-0.2, -0.15) is 5.11 Å². The molecule has 0 aromatic heterocycles. The smallest absolute Gasteiger partial charge is 0.242 e. The molecule has 184 valence electrons. The Kier molecular flexibility index (Phi) is 7.77. The Morgan fingerprint density at radius 2 is 2.00 bits per heavy atom. The summed E-state index contributed by atoms with van der Waals surface area (Å²) in [7, 11) is -9.11. The van der Waals surface area contributed by atoms with Gasteiger partial charge in [0.25, 0.3) is 0 Å². The quantitative estimate of drug-likeness (QED) is 0.257. The number of aliphatic imine (C=N–C) groups is 1. The molecule has 3 rings (SSSR count). The van der Waals surface area contributed by atoms with Crippen molar-refractivity contribution in [2.45, 2.75) is 28.5 Å². The molecule has 0 spiro atoms. The number of nitrogens with two attached hydrogens (primary N) is 3. The number of aliphatic hydroxyl groups is 1. The van der Waals surface area contributed by atoms with E-state index in [-0.39, 0.29) is 49.3 Å². The summed E-state index contributed by atoms with van der Waals surface area (Å²) >= 11 is 0. The number of hydrogen-bond acceptors (Lipinski definition) is 11. The Morgan fingerprint density at radius 3 is 2.55 bits per heavy atom. The lowest BCUT2D eigenvalue weighted by molar-refractivity contribution is 0.186. The molecule has 2 aliphatic rings. The SMILES string of the molecule is NC[C@@H](O)CNS(=O)(=O)c1ccc(N2CC[C@@H](CN)[C@@H](F)C2)c(C2=NCN=N2)c1S(N)(=O)=O. The number of anilines is 1. The van der Waals surface area contributed by atoms with Crippen LogP contribution in [-0.4, -0.2) is 79.4 Å². The number of benzene rings is 1. The fraction of sp³-hybridized carbons (Fsp3) is 0.588. The monoisotopic (exact) mass is 506 g/mol. The molecule has 0 saturated carbocycles. The van der Waals surface area contributed by atoms with E-state index in [0.29, 0.717) is 13.0 Å². The van der Waals surface area contributed by atoms with Crippen molar-refractivity contribution in [1.82, 2.24) is 4.72 Å². The van der Waals surface area contributed by atoms with E-state index >= 15 is 0 Å². The van der Waals surface area contributed by atoms with Gasteiger partial charge in [0.15, 0.2) is 12.5 Å². The molecule has 13 nitrogen and oxygen atoms in total. The van der Waals surface area contributed by atoms with Crippen LogP contribution in [0.5, 0.6) is 0 Å². The zero-order valence-corrected chi connectivity index (χ0v) is 19.3. The molecular formula is C17H27FN8O5S2. The summed E-state index contributed by atoms with van der Waals surface area (Å²) in [5.41, 5.74) is 10.9. The highest BCUT2D eigenvalue weighted by atomic mass is 32.2. The normalized spacial score (nSPS) is 22.5. The molecule has 0 amide bonds. The number of piperidine rings is 1. The minimum atomic E-state index is -4.65. The molecule has 0 unspecified atom stereocenters. The van der Waals surface area contributed by atoms with E-state index in [0.717, 1.165) is 6.07 Å². The maximum absolute atomic E-state index is 14.6. The minimum absolute atomic E-state index is 0.0856. The van der Waals surface area contributed by atoms with Crippen molar-refractivity contribution in [3.63, 3.8) is 0 Å². The zero-order valence-electron chi connectivity index (χ0n) is 17.6. The minimum Gasteiger partial charge on any atom is -0.390 e. The standard InChI is InChI=1S/C17H27FN8O5S2/c18-12-8-26(4-3-10(12)5-19)13-1-2-14(33(30,31)24-7-11(27)6-20)16(32(21,28)29)15(13)17-22-9-23-25-17/h1-2,10-12,24,27H,3-9,19-20H2,(H2,21,28,29)/t10-,11+,12-/m0/s1. The number of nitrogens with one attached hydrogen (secondary N) is 1. The Balaban J connectivity index is 2.19. The van der Waals surface area contributed by atoms with Crippen LogP contribution in [0.4, 0.5) is 10.1 Å². The summed E-state index contributed by atoms with van der Waals surface area (Å²) in [6, 6.07) is 2.41. The van der Waals surface area contributed by atoms with Crippen molar-refractivity contribution in [3.05, 3.63) is 17.7 Å². The van der Waals surface area contributed by atoms with Gasteiger partial charge in [-0.15, -0.1) is 5.11 Å². The third-order valence-corrected chi connectivity index (χ3v) is 8.04. The Morgan fingerprint density at radius 1 is 1.27 bits per heavy atom. The van der Waals surface area contributed by atoms with Crippen LogP contribution in [-0.2, 0) is 20.0 Å². The van der Waals surface area contributed by atoms with Gasteiger partial charge in [0.05, 0.1) is 11.7 Å². The van der Waals surface area contributed by atoms with Crippen molar-refractivity contribution in [2.24, 2.45) is 37.7 Å². The number of nitrogens with zero attached hydrogens (tertiary/aromatic N) is 4. The third kappa shape index (κ3) is 5.53. The fourth-order valence-corrected chi connectivity index (χ4v) is 6.36. The predicted molar refractivity (Wildman–Crippen MR) is 119 cm³/mol. The first kappa shape index (κ1) is 25.5. The van der Waals surface area contributed by atoms with E-state index in [4.69, 9.17) is 16.6 Å². The molecule has 3 atom stereocenters. The summed E-state index contributed by atoms with van der Waals surface area (Å²) in [4.78, 5) is 4.22. The van der Waals surface area contributed by atoms with Crippen LogP contribution in [0.15, 0.2) is 37.1 Å². The van der Waals surface area contributed by atoms with Gasteiger partial charge in [-0.25, -0.2) is 36.1 Å². The summed E-state index contributed by atoms with van der Waals surface area (Å²) in [6.45, 7) is -0.320. The molecule has 16 heteroatoms. The van der Waals surface area contributed by atoms with Gasteiger partial charge < -0.3 is 21.5 Å². The van der Waals surface area contributed by atoms with Gasteiger partial charge in [-0.1, -0.05) is 0 Å². The summed E-state index contributed by atoms with van der Waals surface area (Å²) in [5, 5.41) is 22.6. The van der Waals surface area contributed by atoms with Gasteiger partial charge in [0.1, 0.15) is 16.0 Å². The van der Waals surface area contributed by atoms with Crippen LogP contribution >= 0.6 is 0 Å². The zero-order chi connectivity index (χ0) is 24.4. The van der Waals surface area contributed by atoms with E-state index in [1.54, 1.807) is 4.90 Å². The largest absolute Gasteiger partial charge is 0.390 e. The van der Waals surface area contributed by atoms with Crippen molar-refractivity contribution in [2.75, 3.05) is 44.3 Å². The maximum atomic E-state index is 14.6. The molecular weight excluding hydrogens is 479 g/mol. The van der Waals surface area contributed by atoms with Gasteiger partial charge in [0, 0.05) is 37.8 Å². The Bertz CT molecular complexity index is 1160. The van der Waals surface area contributed by atoms with E-state index in [9.17, 15) is 26.3 Å². The number of amidine groups is 1. The fourth-order valence-electron chi connectivity index (χ4n) is 3.69. The lowest BCUT2D eigenvalue weighted by atomic mass is 9.94. The molecule has 2 aliphatic heterocycles. The van der Waals surface area contributed by atoms with E-state index in [2.05, 4.69) is 19.9 Å². The Labute approximate surface area is 191 Å². The molecule has 33 heavy (non-hydrogen) atoms. The van der Waals surface area contributed by atoms with Crippen LogP contribution in [0.1, 0.15) is 12.0 Å². The molecule has 0 aliphatic carbocycles. The third-order valence-electron chi connectivity index (χ3n) is 5.45. The molecule has 2 heterocycles. The highest BCUT2D eigenvalue weighted by Crippen LogP contribution is 2.36. The second kappa shape index (κ2) is 10.0. The van der Waals surface area contributed by atoms with Gasteiger partial charge in [-0.3, -0.25) is 0 Å². The van der Waals surface area contributed by atoms with Crippen molar-refractivity contribution >= 4 is 31.6 Å². The van der Waals surface area contributed by atoms with Crippen LogP contribution in [0, 0.1) is 5.92 Å². The first-order valence-corrected chi connectivity index (χ1v) is 13.1. The van der Waals surface area contributed by atoms with Crippen LogP contribution in [0.3, 0.4) is 0 Å². The van der Waals surface area contributed by atoms with Gasteiger partial charge in [-0.05, 0) is 25.1 Å². The lowest BCUT2D eigenvalue weighted by Gasteiger charge is -2.37. The first-order chi connectivity index (χ1) is 15.5. The summed E-state index contributed by atoms with van der Waals surface area (Å²) in [6.07, 6.45) is -2.05. The average molecular weight is 507 g/mol. The lowest BCUT2D eigenvalue weighted by Crippen LogP contribution is -2.45. The summed E-state index contributed by atoms with van der Waals surface area (Å²) in [5.74, 6) is -0.479. The van der Waals surface area contributed by atoms with Gasteiger partial charge in [0.2, 0.25) is 20.0 Å². The van der Waals surface area contributed by atoms with Crippen LogP contribution in [0.2, 0.25) is 0 Å². The van der Waals surface area contributed by atoms with E-state index in [1.165, 1.54) is 6.07 Å². The van der Waals surface area contributed by atoms with E-state index in [1.807, 2.05) is 0 Å². The van der Waals surface area contributed by atoms with Crippen molar-refractivity contribution in [3.8, 4) is 0 Å². The molecule has 0 bridgehead atoms. The van der Waals surface area contributed by atoms with Crippen LogP contribution < -0.4 is 26.2 Å². The number of alkyl halides is 1. The number of primary sulfonamides is 1. The molecule has 0 radical (unpaired) electrons. The number of rotatable bonds is 9. The van der Waals surface area contributed by atoms with Crippen molar-refractivity contribution in [1.29, 1.82) is 0 Å². The topological polar surface area (TPSA) is 219 Å². The number of hydrogen-bond donors (Lipinski definition) is 5. The van der Waals surface area contributed by atoms with Crippen molar-refractivity contribution < 1.29 is 26.3 Å². The van der Waals surface area contributed by atoms with Gasteiger partial charge >= 0.3 is 0 Å². The first-order valence-electron chi connectivity index (χ1n) is 10.1. The molecule has 1 aromatic carbocycles. The molecule has 1 aromatic rings. The Hall–Kier alpha value is -2.08. The number of sulfonamides is 2. The maximum Gasteiger partial charge on any atom is 0.242 e. The van der Waals surface area contributed by atoms with E-state index < -0.39 is 48.7 Å².